The highest BCUT2D eigenvalue weighted by molar-refractivity contribution is 6.09. The summed E-state index contributed by atoms with van der Waals surface area (Å²) in [5.41, 5.74) is 16.0. The Hall–Kier alpha value is -6.52. The van der Waals surface area contributed by atoms with Crippen molar-refractivity contribution in [2.45, 2.75) is 57.8 Å². The molecule has 0 unspecified atom stereocenters. The first kappa shape index (κ1) is 34.9. The Bertz CT molecular complexity index is 2910. The fourth-order valence-corrected chi connectivity index (χ4v) is 9.09. The zero-order valence-corrected chi connectivity index (χ0v) is 33.5. The summed E-state index contributed by atoms with van der Waals surface area (Å²) in [6.45, 7) is 13.8. The molecule has 3 heterocycles. The van der Waals surface area contributed by atoms with Crippen LogP contribution in [0.5, 0.6) is 0 Å². The zero-order chi connectivity index (χ0) is 39.1. The molecule has 0 atom stereocenters. The molecule has 0 fully saturated rings. The van der Waals surface area contributed by atoms with Gasteiger partial charge in [0, 0.05) is 34.4 Å². The number of para-hydroxylation sites is 1. The summed E-state index contributed by atoms with van der Waals surface area (Å²) in [6.07, 6.45) is 6.01. The van der Waals surface area contributed by atoms with E-state index in [1.807, 2.05) is 29.2 Å². The normalized spacial score (nSPS) is 13.6. The van der Waals surface area contributed by atoms with Gasteiger partial charge < -0.3 is 4.57 Å². The smallest absolute Gasteiger partial charge is 0.0886 e. The van der Waals surface area contributed by atoms with E-state index in [9.17, 15) is 0 Å². The van der Waals surface area contributed by atoms with Gasteiger partial charge in [-0.2, -0.15) is 5.10 Å². The number of hydrogen-bond acceptors (Lipinski definition) is 2. The van der Waals surface area contributed by atoms with Crippen LogP contribution in [0, 0.1) is 0 Å². The number of benzene rings is 6. The lowest BCUT2D eigenvalue weighted by Gasteiger charge is -2.33. The molecule has 0 radical (unpaired) electrons. The zero-order valence-electron chi connectivity index (χ0n) is 33.5. The molecule has 1 aliphatic rings. The van der Waals surface area contributed by atoms with E-state index < -0.39 is 5.41 Å². The van der Waals surface area contributed by atoms with E-state index in [-0.39, 0.29) is 10.8 Å². The summed E-state index contributed by atoms with van der Waals surface area (Å²) >= 11 is 0. The second kappa shape index (κ2) is 12.8. The van der Waals surface area contributed by atoms with Gasteiger partial charge in [0.1, 0.15) is 0 Å². The molecule has 3 aromatic heterocycles. The minimum atomic E-state index is -0.637. The van der Waals surface area contributed by atoms with E-state index in [0.717, 1.165) is 39.2 Å². The van der Waals surface area contributed by atoms with Crippen LogP contribution in [0.15, 0.2) is 170 Å². The predicted molar refractivity (Wildman–Crippen MR) is 236 cm³/mol. The van der Waals surface area contributed by atoms with Crippen LogP contribution >= 0.6 is 0 Å². The average molecular weight is 739 g/mol. The Balaban J connectivity index is 1.22. The molecular weight excluding hydrogens is 693 g/mol. The van der Waals surface area contributed by atoms with Crippen LogP contribution in [0.2, 0.25) is 0 Å². The molecule has 57 heavy (non-hydrogen) atoms. The molecule has 0 spiro atoms. The van der Waals surface area contributed by atoms with Crippen LogP contribution in [0.3, 0.4) is 0 Å². The Morgan fingerprint density at radius 3 is 1.86 bits per heavy atom. The molecule has 0 saturated carbocycles. The Morgan fingerprint density at radius 2 is 1.18 bits per heavy atom. The summed E-state index contributed by atoms with van der Waals surface area (Å²) in [6, 6.07) is 55.8. The second-order valence-corrected chi connectivity index (χ2v) is 17.6. The standard InChI is InChI=1S/C53H46N4/c1-51(2,3)37-22-26-46-44(30-37)45-31-38(52(4,5)6)23-27-47(45)53(46,50-21-12-13-28-54-50)39-17-14-18-41(29-39)57-48-20-11-10-19-42(48)43-25-24-40(32-49(43)57)56-34-36(33-55-56)35-15-8-7-9-16-35/h7-34H,1-6H3. The van der Waals surface area contributed by atoms with Gasteiger partial charge in [-0.15, -0.1) is 0 Å². The Morgan fingerprint density at radius 1 is 0.509 bits per heavy atom. The SMILES string of the molecule is CC(C)(C)c1ccc2c(c1)-c1cc(C(C)(C)C)ccc1C2(c1cccc(-n2c3ccccc3c3ccc(-n4cc(-c5ccccc5)cn4)cc32)c1)c1ccccn1. The molecule has 4 nitrogen and oxygen atoms in total. The van der Waals surface area contributed by atoms with Gasteiger partial charge in [-0.1, -0.05) is 151 Å². The maximum absolute atomic E-state index is 5.19. The van der Waals surface area contributed by atoms with Gasteiger partial charge in [0.25, 0.3) is 0 Å². The highest BCUT2D eigenvalue weighted by Gasteiger charge is 2.48. The number of aromatic nitrogens is 4. The van der Waals surface area contributed by atoms with Gasteiger partial charge >= 0.3 is 0 Å². The molecule has 278 valence electrons. The third-order valence-corrected chi connectivity index (χ3v) is 12.1. The number of fused-ring (bicyclic) bond motifs is 6. The number of hydrogen-bond donors (Lipinski definition) is 0. The first-order chi connectivity index (χ1) is 27.5. The highest BCUT2D eigenvalue weighted by atomic mass is 15.3. The lowest BCUT2D eigenvalue weighted by molar-refractivity contribution is 0.589. The van der Waals surface area contributed by atoms with Crippen LogP contribution in [0.4, 0.5) is 0 Å². The molecule has 0 amide bonds. The molecule has 0 bridgehead atoms. The first-order valence-electron chi connectivity index (χ1n) is 20.0. The maximum Gasteiger partial charge on any atom is 0.0886 e. The van der Waals surface area contributed by atoms with Crippen molar-refractivity contribution >= 4 is 21.8 Å². The van der Waals surface area contributed by atoms with Crippen LogP contribution < -0.4 is 0 Å². The van der Waals surface area contributed by atoms with Crippen molar-refractivity contribution < 1.29 is 0 Å². The van der Waals surface area contributed by atoms with E-state index >= 15 is 0 Å². The first-order valence-corrected chi connectivity index (χ1v) is 20.0. The van der Waals surface area contributed by atoms with Gasteiger partial charge in [-0.3, -0.25) is 4.98 Å². The summed E-state index contributed by atoms with van der Waals surface area (Å²) in [4.78, 5) is 5.19. The van der Waals surface area contributed by atoms with Crippen molar-refractivity contribution in [2.24, 2.45) is 0 Å². The molecular formula is C53H46N4. The third kappa shape index (κ3) is 5.49. The topological polar surface area (TPSA) is 35.6 Å². The van der Waals surface area contributed by atoms with E-state index in [0.29, 0.717) is 0 Å². The van der Waals surface area contributed by atoms with Crippen LogP contribution in [0.1, 0.15) is 75.1 Å². The van der Waals surface area contributed by atoms with Crippen molar-refractivity contribution in [3.05, 3.63) is 204 Å². The van der Waals surface area contributed by atoms with Crippen molar-refractivity contribution in [3.8, 4) is 33.6 Å². The van der Waals surface area contributed by atoms with Crippen LogP contribution in [0.25, 0.3) is 55.4 Å². The summed E-state index contributed by atoms with van der Waals surface area (Å²) < 4.78 is 4.41. The Kier molecular flexibility index (Phi) is 7.82. The van der Waals surface area contributed by atoms with Gasteiger partial charge in [0.2, 0.25) is 0 Å². The lowest BCUT2D eigenvalue weighted by Crippen LogP contribution is -2.30. The lowest BCUT2D eigenvalue weighted by atomic mass is 9.69. The maximum atomic E-state index is 5.19. The third-order valence-electron chi connectivity index (χ3n) is 12.1. The van der Waals surface area contributed by atoms with Gasteiger partial charge in [0.15, 0.2) is 0 Å². The Labute approximate surface area is 335 Å². The van der Waals surface area contributed by atoms with E-state index in [4.69, 9.17) is 10.1 Å². The predicted octanol–water partition coefficient (Wildman–Crippen LogP) is 13.0. The molecule has 9 aromatic rings. The van der Waals surface area contributed by atoms with Crippen molar-refractivity contribution in [3.63, 3.8) is 0 Å². The van der Waals surface area contributed by atoms with Gasteiger partial charge in [-0.25, -0.2) is 4.68 Å². The molecule has 0 saturated heterocycles. The van der Waals surface area contributed by atoms with Crippen molar-refractivity contribution in [2.75, 3.05) is 0 Å². The molecule has 4 heteroatoms. The van der Waals surface area contributed by atoms with Crippen molar-refractivity contribution in [1.29, 1.82) is 0 Å². The quantitative estimate of drug-likeness (QED) is 0.176. The minimum absolute atomic E-state index is 0.00166. The molecule has 0 N–H and O–H groups in total. The number of rotatable bonds is 5. The van der Waals surface area contributed by atoms with E-state index in [1.165, 1.54) is 49.7 Å². The molecule has 0 aliphatic heterocycles. The van der Waals surface area contributed by atoms with Gasteiger partial charge in [0.05, 0.1) is 34.0 Å². The van der Waals surface area contributed by atoms with Gasteiger partial charge in [-0.05, 0) is 97.8 Å². The largest absolute Gasteiger partial charge is 0.309 e. The van der Waals surface area contributed by atoms with E-state index in [2.05, 4.69) is 192 Å². The molecule has 10 rings (SSSR count). The average Bonchev–Trinajstić information content (AvgIpc) is 3.93. The monoisotopic (exact) mass is 738 g/mol. The minimum Gasteiger partial charge on any atom is -0.309 e. The van der Waals surface area contributed by atoms with Crippen LogP contribution in [-0.4, -0.2) is 19.3 Å². The molecule has 1 aliphatic carbocycles. The second-order valence-electron chi connectivity index (χ2n) is 17.6. The highest BCUT2D eigenvalue weighted by Crippen LogP contribution is 2.57. The number of pyridine rings is 1. The summed E-state index contributed by atoms with van der Waals surface area (Å²) in [7, 11) is 0. The van der Waals surface area contributed by atoms with Crippen LogP contribution in [-0.2, 0) is 16.2 Å². The summed E-state index contributed by atoms with van der Waals surface area (Å²) in [5, 5.41) is 7.24. The van der Waals surface area contributed by atoms with Crippen molar-refractivity contribution in [1.82, 2.24) is 19.3 Å². The fraction of sp³-hybridized carbons (Fsp3) is 0.170. The number of nitrogens with zero attached hydrogens (tertiary/aromatic N) is 4. The summed E-state index contributed by atoms with van der Waals surface area (Å²) in [5.74, 6) is 0. The fourth-order valence-electron chi connectivity index (χ4n) is 9.09. The molecule has 6 aromatic carbocycles. The van der Waals surface area contributed by atoms with E-state index in [1.54, 1.807) is 0 Å².